The van der Waals surface area contributed by atoms with Crippen LogP contribution in [0.25, 0.3) is 6.08 Å². The molecule has 31 heavy (non-hydrogen) atoms. The molecule has 1 N–H and O–H groups in total. The van der Waals surface area contributed by atoms with Crippen molar-refractivity contribution in [2.24, 2.45) is 0 Å². The van der Waals surface area contributed by atoms with Gasteiger partial charge in [-0.3, -0.25) is 4.79 Å². The van der Waals surface area contributed by atoms with E-state index in [0.717, 1.165) is 35.5 Å². The third kappa shape index (κ3) is 6.47. The number of rotatable bonds is 10. The Labute approximate surface area is 185 Å². The highest BCUT2D eigenvalue weighted by Gasteiger charge is 2.17. The molecule has 2 aromatic rings. The van der Waals surface area contributed by atoms with Gasteiger partial charge in [-0.25, -0.2) is 0 Å². The van der Waals surface area contributed by atoms with Gasteiger partial charge < -0.3 is 19.4 Å². The highest BCUT2D eigenvalue weighted by Crippen LogP contribution is 2.23. The lowest BCUT2D eigenvalue weighted by molar-refractivity contribution is -0.117. The summed E-state index contributed by atoms with van der Waals surface area (Å²) in [5.41, 5.74) is 4.23. The van der Waals surface area contributed by atoms with Crippen LogP contribution >= 0.6 is 0 Å². The second kappa shape index (κ2) is 11.4. The van der Waals surface area contributed by atoms with Crippen LogP contribution in [0.4, 0.5) is 0 Å². The molecule has 0 aliphatic carbocycles. The molecule has 2 unspecified atom stereocenters. The molecule has 0 fully saturated rings. The first-order valence-electron chi connectivity index (χ1n) is 10.5. The number of nitrogens with zero attached hydrogens (tertiary/aromatic N) is 2. The lowest BCUT2D eigenvalue weighted by Crippen LogP contribution is -2.33. The fraction of sp³-hybridized carbons (Fsp3) is 0.440. The summed E-state index contributed by atoms with van der Waals surface area (Å²) in [6, 6.07) is 12.1. The SMILES string of the molecule is COCC(C)n1c(C)cc(/C=C(/C#N)C(=O)NC(C)CCc2ccc(OC)cc2)c1C. The van der Waals surface area contributed by atoms with Crippen molar-refractivity contribution >= 4 is 12.0 Å². The number of nitriles is 1. The largest absolute Gasteiger partial charge is 0.497 e. The summed E-state index contributed by atoms with van der Waals surface area (Å²) in [7, 11) is 3.32. The first-order chi connectivity index (χ1) is 14.8. The Bertz CT molecular complexity index is 952. The highest BCUT2D eigenvalue weighted by atomic mass is 16.5. The molecule has 1 aromatic carbocycles. The molecule has 1 amide bonds. The zero-order valence-electron chi connectivity index (χ0n) is 19.4. The molecule has 1 heterocycles. The van der Waals surface area contributed by atoms with Crippen molar-refractivity contribution in [3.05, 3.63) is 58.4 Å². The summed E-state index contributed by atoms with van der Waals surface area (Å²) < 4.78 is 12.6. The third-order valence-electron chi connectivity index (χ3n) is 5.44. The molecule has 0 spiro atoms. The minimum absolute atomic E-state index is 0.0551. The number of methoxy groups -OCH3 is 2. The van der Waals surface area contributed by atoms with Crippen LogP contribution in [0.3, 0.4) is 0 Å². The van der Waals surface area contributed by atoms with Crippen molar-refractivity contribution in [1.82, 2.24) is 9.88 Å². The molecule has 0 saturated carbocycles. The van der Waals surface area contributed by atoms with Gasteiger partial charge in [0.2, 0.25) is 0 Å². The van der Waals surface area contributed by atoms with Crippen LogP contribution in [0.5, 0.6) is 5.75 Å². The molecule has 2 atom stereocenters. The second-order valence-corrected chi connectivity index (χ2v) is 7.93. The van der Waals surface area contributed by atoms with E-state index in [1.54, 1.807) is 20.3 Å². The van der Waals surface area contributed by atoms with E-state index in [-0.39, 0.29) is 23.6 Å². The van der Waals surface area contributed by atoms with E-state index >= 15 is 0 Å². The van der Waals surface area contributed by atoms with Crippen LogP contribution in [0, 0.1) is 25.2 Å². The van der Waals surface area contributed by atoms with Gasteiger partial charge in [-0.05, 0) is 75.9 Å². The van der Waals surface area contributed by atoms with Crippen molar-refractivity contribution in [1.29, 1.82) is 5.26 Å². The van der Waals surface area contributed by atoms with Crippen LogP contribution in [0.15, 0.2) is 35.9 Å². The van der Waals surface area contributed by atoms with E-state index in [0.29, 0.717) is 6.61 Å². The van der Waals surface area contributed by atoms with Crippen LogP contribution in [-0.4, -0.2) is 37.3 Å². The number of ether oxygens (including phenoxy) is 2. The van der Waals surface area contributed by atoms with Gasteiger partial charge in [-0.2, -0.15) is 5.26 Å². The molecular formula is C25H33N3O3. The Morgan fingerprint density at radius 1 is 1.23 bits per heavy atom. The van der Waals surface area contributed by atoms with Gasteiger partial charge in [0.25, 0.3) is 5.91 Å². The first-order valence-corrected chi connectivity index (χ1v) is 10.5. The van der Waals surface area contributed by atoms with Gasteiger partial charge >= 0.3 is 0 Å². The maximum atomic E-state index is 12.7. The molecule has 0 saturated heterocycles. The van der Waals surface area contributed by atoms with Crippen LogP contribution in [0.2, 0.25) is 0 Å². The molecule has 6 nitrogen and oxygen atoms in total. The van der Waals surface area contributed by atoms with Gasteiger partial charge in [0.1, 0.15) is 17.4 Å². The normalized spacial score (nSPS) is 13.4. The smallest absolute Gasteiger partial charge is 0.262 e. The number of hydrogen-bond acceptors (Lipinski definition) is 4. The number of aromatic nitrogens is 1. The van der Waals surface area contributed by atoms with Crippen LogP contribution in [-0.2, 0) is 16.0 Å². The number of aryl methyl sites for hydroxylation is 2. The maximum absolute atomic E-state index is 12.7. The Balaban J connectivity index is 2.04. The van der Waals surface area contributed by atoms with E-state index in [2.05, 4.69) is 22.9 Å². The first kappa shape index (κ1) is 24.2. The second-order valence-electron chi connectivity index (χ2n) is 7.93. The van der Waals surface area contributed by atoms with E-state index in [9.17, 15) is 10.1 Å². The zero-order chi connectivity index (χ0) is 23.0. The molecule has 0 bridgehead atoms. The monoisotopic (exact) mass is 423 g/mol. The number of amides is 1. The summed E-state index contributed by atoms with van der Waals surface area (Å²) in [5, 5.41) is 12.5. The van der Waals surface area contributed by atoms with Crippen molar-refractivity contribution < 1.29 is 14.3 Å². The minimum atomic E-state index is -0.348. The van der Waals surface area contributed by atoms with Crippen molar-refractivity contribution in [3.63, 3.8) is 0 Å². The molecular weight excluding hydrogens is 390 g/mol. The lowest BCUT2D eigenvalue weighted by Gasteiger charge is -2.17. The standard InChI is InChI=1S/C25H33N3O3/c1-17(7-8-21-9-11-24(31-6)12-10-21)27-25(29)23(15-26)14-22-13-18(2)28(20(22)4)19(3)16-30-5/h9-14,17,19H,7-8,16H2,1-6H3,(H,27,29)/b23-14-. The van der Waals surface area contributed by atoms with E-state index in [1.165, 1.54) is 5.56 Å². The zero-order valence-corrected chi connectivity index (χ0v) is 19.4. The summed E-state index contributed by atoms with van der Waals surface area (Å²) in [6.45, 7) is 8.64. The van der Waals surface area contributed by atoms with Gasteiger partial charge in [-0.1, -0.05) is 12.1 Å². The molecule has 6 heteroatoms. The number of hydrogen-bond donors (Lipinski definition) is 1. The number of carbonyl (C=O) groups excluding carboxylic acids is 1. The molecule has 166 valence electrons. The quantitative estimate of drug-likeness (QED) is 0.455. The van der Waals surface area contributed by atoms with E-state index in [1.807, 2.05) is 51.1 Å². The van der Waals surface area contributed by atoms with Crippen molar-refractivity contribution in [2.75, 3.05) is 20.8 Å². The van der Waals surface area contributed by atoms with E-state index in [4.69, 9.17) is 9.47 Å². The predicted octanol–water partition coefficient (Wildman–Crippen LogP) is 4.37. The predicted molar refractivity (Wildman–Crippen MR) is 123 cm³/mol. The Kier molecular flexibility index (Phi) is 8.89. The maximum Gasteiger partial charge on any atom is 0.262 e. The van der Waals surface area contributed by atoms with E-state index < -0.39 is 0 Å². The lowest BCUT2D eigenvalue weighted by atomic mass is 10.1. The molecule has 0 radical (unpaired) electrons. The molecule has 0 aliphatic rings. The average Bonchev–Trinajstić information content (AvgIpc) is 3.03. The number of carbonyl (C=O) groups is 1. The van der Waals surface area contributed by atoms with Crippen molar-refractivity contribution in [3.8, 4) is 11.8 Å². The molecule has 2 rings (SSSR count). The summed E-state index contributed by atoms with van der Waals surface area (Å²) in [4.78, 5) is 12.7. The van der Waals surface area contributed by atoms with Crippen LogP contribution in [0.1, 0.15) is 48.8 Å². The summed E-state index contributed by atoms with van der Waals surface area (Å²) in [6.07, 6.45) is 3.28. The van der Waals surface area contributed by atoms with Gasteiger partial charge in [0.15, 0.2) is 0 Å². The third-order valence-corrected chi connectivity index (χ3v) is 5.44. The molecule has 0 aliphatic heterocycles. The Morgan fingerprint density at radius 3 is 2.48 bits per heavy atom. The van der Waals surface area contributed by atoms with Crippen molar-refractivity contribution in [2.45, 2.75) is 52.6 Å². The summed E-state index contributed by atoms with van der Waals surface area (Å²) in [5.74, 6) is 0.476. The average molecular weight is 424 g/mol. The number of nitrogens with one attached hydrogen (secondary N) is 1. The fourth-order valence-corrected chi connectivity index (χ4v) is 3.80. The molecule has 1 aromatic heterocycles. The van der Waals surface area contributed by atoms with Gasteiger partial charge in [0.05, 0.1) is 19.8 Å². The topological polar surface area (TPSA) is 76.3 Å². The minimum Gasteiger partial charge on any atom is -0.497 e. The van der Waals surface area contributed by atoms with Gasteiger partial charge in [-0.15, -0.1) is 0 Å². The Hall–Kier alpha value is -3.04. The Morgan fingerprint density at radius 2 is 1.90 bits per heavy atom. The fourth-order valence-electron chi connectivity index (χ4n) is 3.80. The van der Waals surface area contributed by atoms with Gasteiger partial charge in [0, 0.05) is 24.5 Å². The summed E-state index contributed by atoms with van der Waals surface area (Å²) >= 11 is 0. The highest BCUT2D eigenvalue weighted by molar-refractivity contribution is 6.02. The van der Waals surface area contributed by atoms with Crippen LogP contribution < -0.4 is 10.1 Å². The number of benzene rings is 1.